The van der Waals surface area contributed by atoms with E-state index in [0.29, 0.717) is 36.6 Å². The van der Waals surface area contributed by atoms with Gasteiger partial charge in [0, 0.05) is 18.1 Å². The summed E-state index contributed by atoms with van der Waals surface area (Å²) in [6.07, 6.45) is 1.46. The molecule has 6 heteroatoms. The molecule has 0 N–H and O–H groups in total. The fraction of sp³-hybridized carbons (Fsp3) is 0.318. The molecule has 0 radical (unpaired) electrons. The van der Waals surface area contributed by atoms with Crippen molar-refractivity contribution < 1.29 is 9.59 Å². The van der Waals surface area contributed by atoms with Crippen LogP contribution < -0.4 is 4.90 Å². The molecular weight excluding hydrogens is 374 g/mol. The third-order valence-corrected chi connectivity index (χ3v) is 6.09. The van der Waals surface area contributed by atoms with Gasteiger partial charge in [0.15, 0.2) is 0 Å². The smallest absolute Gasteiger partial charge is 0.251 e. The maximum atomic E-state index is 13.0. The van der Waals surface area contributed by atoms with Crippen LogP contribution in [0.2, 0.25) is 5.02 Å². The predicted molar refractivity (Wildman–Crippen MR) is 107 cm³/mol. The number of likely N-dealkylation sites (tertiary alicyclic amines) is 1. The van der Waals surface area contributed by atoms with Gasteiger partial charge in [-0.3, -0.25) is 14.5 Å². The van der Waals surface area contributed by atoms with Gasteiger partial charge in [0.25, 0.3) is 5.91 Å². The molecule has 2 heterocycles. The van der Waals surface area contributed by atoms with Crippen LogP contribution in [0.25, 0.3) is 0 Å². The maximum Gasteiger partial charge on any atom is 0.251 e. The van der Waals surface area contributed by atoms with Gasteiger partial charge in [-0.1, -0.05) is 41.9 Å². The van der Waals surface area contributed by atoms with Gasteiger partial charge in [-0.05, 0) is 42.7 Å². The Balaban J connectivity index is 1.49. The third kappa shape index (κ3) is 3.19. The Morgan fingerprint density at radius 1 is 1.00 bits per heavy atom. The number of nitriles is 1. The second-order valence-electron chi connectivity index (χ2n) is 7.36. The summed E-state index contributed by atoms with van der Waals surface area (Å²) in [6.45, 7) is 1.22. The standard InChI is InChI=1S/C22H20ClN3O2/c23-17-6-8-18(9-7-17)26-20(27)14-19(21(26)28)25-12-10-22(15-24,11-13-25)16-4-2-1-3-5-16/h1-9,19H,10-14H2/t19-/m0/s1. The topological polar surface area (TPSA) is 64.4 Å². The molecule has 0 aliphatic carbocycles. The molecule has 2 aliphatic heterocycles. The van der Waals surface area contributed by atoms with Gasteiger partial charge in [-0.15, -0.1) is 0 Å². The quantitative estimate of drug-likeness (QED) is 0.748. The zero-order valence-corrected chi connectivity index (χ0v) is 16.1. The SMILES string of the molecule is N#CC1(c2ccccc2)CCN([C@H]2CC(=O)N(c3ccc(Cl)cc3)C2=O)CC1. The zero-order chi connectivity index (χ0) is 19.7. The molecule has 0 unspecified atom stereocenters. The van der Waals surface area contributed by atoms with E-state index in [-0.39, 0.29) is 18.2 Å². The predicted octanol–water partition coefficient (Wildman–Crippen LogP) is 3.53. The van der Waals surface area contributed by atoms with Crippen LogP contribution >= 0.6 is 11.6 Å². The molecule has 2 aliphatic rings. The Kier molecular flexibility index (Phi) is 4.92. The van der Waals surface area contributed by atoms with Crippen molar-refractivity contribution in [1.82, 2.24) is 4.90 Å². The van der Waals surface area contributed by atoms with Gasteiger partial charge >= 0.3 is 0 Å². The number of carbonyl (C=O) groups excluding carboxylic acids is 2. The fourth-order valence-electron chi connectivity index (χ4n) is 4.20. The summed E-state index contributed by atoms with van der Waals surface area (Å²) in [5, 5.41) is 10.4. The van der Waals surface area contributed by atoms with Crippen molar-refractivity contribution >= 4 is 29.1 Å². The highest BCUT2D eigenvalue weighted by Crippen LogP contribution is 2.37. The molecule has 2 aromatic rings. The summed E-state index contributed by atoms with van der Waals surface area (Å²) in [5.74, 6) is -0.394. The monoisotopic (exact) mass is 393 g/mol. The molecule has 2 fully saturated rings. The summed E-state index contributed by atoms with van der Waals surface area (Å²) in [6, 6.07) is 18.6. The lowest BCUT2D eigenvalue weighted by molar-refractivity contribution is -0.123. The highest BCUT2D eigenvalue weighted by atomic mass is 35.5. The fourth-order valence-corrected chi connectivity index (χ4v) is 4.33. The average molecular weight is 394 g/mol. The van der Waals surface area contributed by atoms with E-state index in [4.69, 9.17) is 11.6 Å². The molecule has 2 saturated heterocycles. The lowest BCUT2D eigenvalue weighted by Gasteiger charge is -2.39. The molecule has 1 atom stereocenters. The van der Waals surface area contributed by atoms with E-state index in [1.54, 1.807) is 24.3 Å². The molecular formula is C22H20ClN3O2. The number of anilines is 1. The Bertz CT molecular complexity index is 929. The Hall–Kier alpha value is -2.68. The van der Waals surface area contributed by atoms with E-state index in [1.165, 1.54) is 4.90 Å². The number of hydrogen-bond acceptors (Lipinski definition) is 4. The molecule has 5 nitrogen and oxygen atoms in total. The second-order valence-corrected chi connectivity index (χ2v) is 7.80. The first-order chi connectivity index (χ1) is 13.5. The van der Waals surface area contributed by atoms with Gasteiger partial charge in [0.05, 0.1) is 29.6 Å². The van der Waals surface area contributed by atoms with Crippen molar-refractivity contribution in [3.63, 3.8) is 0 Å². The molecule has 0 saturated carbocycles. The minimum Gasteiger partial charge on any atom is -0.291 e. The van der Waals surface area contributed by atoms with Crippen LogP contribution in [0.4, 0.5) is 5.69 Å². The largest absolute Gasteiger partial charge is 0.291 e. The highest BCUT2D eigenvalue weighted by molar-refractivity contribution is 6.30. The first-order valence-electron chi connectivity index (χ1n) is 9.37. The van der Waals surface area contributed by atoms with Gasteiger partial charge < -0.3 is 0 Å². The lowest BCUT2D eigenvalue weighted by Crippen LogP contribution is -2.49. The number of imide groups is 1. The summed E-state index contributed by atoms with van der Waals surface area (Å²) in [5.41, 5.74) is 1.04. The number of amides is 2. The molecule has 2 amide bonds. The van der Waals surface area contributed by atoms with E-state index >= 15 is 0 Å². The van der Waals surface area contributed by atoms with Gasteiger partial charge in [-0.2, -0.15) is 5.26 Å². The van der Waals surface area contributed by atoms with Crippen molar-refractivity contribution in [3.05, 3.63) is 65.2 Å². The zero-order valence-electron chi connectivity index (χ0n) is 15.3. The molecule has 142 valence electrons. The van der Waals surface area contributed by atoms with Gasteiger partial charge in [0.1, 0.15) is 0 Å². The van der Waals surface area contributed by atoms with E-state index in [2.05, 4.69) is 11.0 Å². The minimum absolute atomic E-state index is 0.173. The summed E-state index contributed by atoms with van der Waals surface area (Å²) in [4.78, 5) is 28.8. The number of piperidine rings is 1. The number of carbonyl (C=O) groups is 2. The van der Waals surface area contributed by atoms with E-state index in [1.807, 2.05) is 30.3 Å². The van der Waals surface area contributed by atoms with Crippen molar-refractivity contribution in [2.24, 2.45) is 0 Å². The normalized spacial score (nSPS) is 22.3. The number of benzene rings is 2. The summed E-state index contributed by atoms with van der Waals surface area (Å²) >= 11 is 5.91. The number of nitrogens with zero attached hydrogens (tertiary/aromatic N) is 3. The van der Waals surface area contributed by atoms with Crippen LogP contribution in [0, 0.1) is 11.3 Å². The second kappa shape index (κ2) is 7.38. The summed E-state index contributed by atoms with van der Waals surface area (Å²) < 4.78 is 0. The first kappa shape index (κ1) is 18.7. The van der Waals surface area contributed by atoms with Crippen molar-refractivity contribution in [1.29, 1.82) is 5.26 Å². The molecule has 2 aromatic carbocycles. The lowest BCUT2D eigenvalue weighted by atomic mass is 9.74. The van der Waals surface area contributed by atoms with E-state index in [9.17, 15) is 14.9 Å². The Morgan fingerprint density at radius 2 is 1.64 bits per heavy atom. The van der Waals surface area contributed by atoms with Gasteiger partial charge in [0.2, 0.25) is 5.91 Å². The van der Waals surface area contributed by atoms with Crippen molar-refractivity contribution in [2.45, 2.75) is 30.7 Å². The van der Waals surface area contributed by atoms with Crippen LogP contribution in [0.15, 0.2) is 54.6 Å². The first-order valence-corrected chi connectivity index (χ1v) is 9.75. The van der Waals surface area contributed by atoms with Crippen molar-refractivity contribution in [2.75, 3.05) is 18.0 Å². The van der Waals surface area contributed by atoms with E-state index < -0.39 is 11.5 Å². The van der Waals surface area contributed by atoms with Crippen molar-refractivity contribution in [3.8, 4) is 6.07 Å². The van der Waals surface area contributed by atoms with Crippen LogP contribution in [-0.4, -0.2) is 35.8 Å². The number of rotatable bonds is 3. The molecule has 28 heavy (non-hydrogen) atoms. The van der Waals surface area contributed by atoms with Crippen LogP contribution in [0.1, 0.15) is 24.8 Å². The summed E-state index contributed by atoms with van der Waals surface area (Å²) in [7, 11) is 0. The Labute approximate surface area is 169 Å². The van der Waals surface area contributed by atoms with Crippen LogP contribution in [0.3, 0.4) is 0 Å². The minimum atomic E-state index is -0.528. The number of halogens is 1. The van der Waals surface area contributed by atoms with Crippen LogP contribution in [0.5, 0.6) is 0 Å². The van der Waals surface area contributed by atoms with Gasteiger partial charge in [-0.25, -0.2) is 4.90 Å². The molecule has 0 aromatic heterocycles. The number of hydrogen-bond donors (Lipinski definition) is 0. The third-order valence-electron chi connectivity index (χ3n) is 5.84. The van der Waals surface area contributed by atoms with E-state index in [0.717, 1.165) is 5.56 Å². The Morgan fingerprint density at radius 3 is 2.25 bits per heavy atom. The highest BCUT2D eigenvalue weighted by Gasteiger charge is 2.46. The average Bonchev–Trinajstić information content (AvgIpc) is 3.03. The van der Waals surface area contributed by atoms with Crippen LogP contribution in [-0.2, 0) is 15.0 Å². The molecule has 0 bridgehead atoms. The molecule has 0 spiro atoms. The molecule has 4 rings (SSSR count). The maximum absolute atomic E-state index is 13.0.